The van der Waals surface area contributed by atoms with Gasteiger partial charge in [0.2, 0.25) is 0 Å². The first-order valence-electron chi connectivity index (χ1n) is 8.36. The number of nitrogens with one attached hydrogen (secondary N) is 1. The van der Waals surface area contributed by atoms with Crippen molar-refractivity contribution in [3.8, 4) is 0 Å². The molecule has 0 spiro atoms. The summed E-state index contributed by atoms with van der Waals surface area (Å²) < 4.78 is 11.9. The summed E-state index contributed by atoms with van der Waals surface area (Å²) in [5.74, 6) is 0. The first-order valence-corrected chi connectivity index (χ1v) is 8.36. The lowest BCUT2D eigenvalue weighted by Crippen LogP contribution is -2.35. The smallest absolute Gasteiger partial charge is 0.0809 e. The van der Waals surface area contributed by atoms with Crippen LogP contribution in [0.2, 0.25) is 0 Å². The Morgan fingerprint density at radius 1 is 1.29 bits per heavy atom. The summed E-state index contributed by atoms with van der Waals surface area (Å²) >= 11 is 0. The molecule has 1 heterocycles. The quantitative estimate of drug-likeness (QED) is 0.752. The minimum Gasteiger partial charge on any atom is -0.376 e. The van der Waals surface area contributed by atoms with Crippen LogP contribution in [0.15, 0.2) is 30.3 Å². The molecule has 21 heavy (non-hydrogen) atoms. The molecule has 1 aliphatic heterocycles. The zero-order valence-corrected chi connectivity index (χ0v) is 13.4. The van der Waals surface area contributed by atoms with E-state index in [1.165, 1.54) is 12.0 Å². The molecule has 1 fully saturated rings. The topological polar surface area (TPSA) is 30.5 Å². The molecule has 3 heteroatoms. The zero-order valence-electron chi connectivity index (χ0n) is 13.4. The highest BCUT2D eigenvalue weighted by Gasteiger charge is 2.24. The Morgan fingerprint density at radius 3 is 2.71 bits per heavy atom. The Morgan fingerprint density at radius 2 is 2.10 bits per heavy atom. The van der Waals surface area contributed by atoms with Crippen LogP contribution in [0.25, 0.3) is 0 Å². The van der Waals surface area contributed by atoms with E-state index in [0.717, 1.165) is 39.0 Å². The van der Waals surface area contributed by atoms with Gasteiger partial charge in [-0.1, -0.05) is 44.2 Å². The summed E-state index contributed by atoms with van der Waals surface area (Å²) in [5.41, 5.74) is 1.31. The van der Waals surface area contributed by atoms with Crippen molar-refractivity contribution in [2.45, 2.75) is 57.8 Å². The first-order chi connectivity index (χ1) is 10.3. The van der Waals surface area contributed by atoms with Crippen molar-refractivity contribution in [2.24, 2.45) is 0 Å². The molecule has 1 aliphatic rings. The van der Waals surface area contributed by atoms with Crippen LogP contribution in [-0.4, -0.2) is 32.0 Å². The molecule has 1 aromatic carbocycles. The second kappa shape index (κ2) is 9.19. The van der Waals surface area contributed by atoms with Gasteiger partial charge < -0.3 is 14.8 Å². The van der Waals surface area contributed by atoms with E-state index < -0.39 is 0 Å². The SMILES string of the molecule is CCCNC(c1ccccc1)C(CC)OCC1CCCO1. The fraction of sp³-hybridized carbons (Fsp3) is 0.667. The lowest BCUT2D eigenvalue weighted by molar-refractivity contribution is -0.0356. The fourth-order valence-corrected chi connectivity index (χ4v) is 2.88. The molecule has 3 unspecified atom stereocenters. The summed E-state index contributed by atoms with van der Waals surface area (Å²) in [6, 6.07) is 10.9. The molecule has 0 amide bonds. The maximum atomic E-state index is 6.20. The van der Waals surface area contributed by atoms with Gasteiger partial charge in [0.25, 0.3) is 0 Å². The predicted molar refractivity (Wildman–Crippen MR) is 86.5 cm³/mol. The van der Waals surface area contributed by atoms with E-state index in [0.29, 0.717) is 6.10 Å². The average molecular weight is 291 g/mol. The Kier molecular flexibility index (Phi) is 7.20. The van der Waals surface area contributed by atoms with Crippen LogP contribution in [0.3, 0.4) is 0 Å². The Labute approximate surface area is 129 Å². The molecule has 3 nitrogen and oxygen atoms in total. The van der Waals surface area contributed by atoms with Crippen molar-refractivity contribution in [3.63, 3.8) is 0 Å². The molecule has 1 N–H and O–H groups in total. The molecular weight excluding hydrogens is 262 g/mol. The monoisotopic (exact) mass is 291 g/mol. The van der Waals surface area contributed by atoms with Crippen LogP contribution >= 0.6 is 0 Å². The maximum absolute atomic E-state index is 6.20. The highest BCUT2D eigenvalue weighted by molar-refractivity contribution is 5.20. The number of hydrogen-bond donors (Lipinski definition) is 1. The van der Waals surface area contributed by atoms with Gasteiger partial charge in [0.05, 0.1) is 24.9 Å². The van der Waals surface area contributed by atoms with Gasteiger partial charge in [0, 0.05) is 6.61 Å². The number of rotatable bonds is 9. The van der Waals surface area contributed by atoms with E-state index in [4.69, 9.17) is 9.47 Å². The van der Waals surface area contributed by atoms with Crippen LogP contribution < -0.4 is 5.32 Å². The van der Waals surface area contributed by atoms with E-state index in [1.54, 1.807) is 0 Å². The summed E-state index contributed by atoms with van der Waals surface area (Å²) in [4.78, 5) is 0. The molecule has 0 aromatic heterocycles. The second-order valence-corrected chi connectivity index (χ2v) is 5.76. The maximum Gasteiger partial charge on any atom is 0.0809 e. The number of hydrogen-bond acceptors (Lipinski definition) is 3. The van der Waals surface area contributed by atoms with E-state index in [9.17, 15) is 0 Å². The van der Waals surface area contributed by atoms with Gasteiger partial charge in [-0.2, -0.15) is 0 Å². The first kappa shape index (κ1) is 16.5. The summed E-state index contributed by atoms with van der Waals surface area (Å²) in [5, 5.41) is 3.65. The molecule has 0 aliphatic carbocycles. The Hall–Kier alpha value is -0.900. The van der Waals surface area contributed by atoms with Crippen LogP contribution in [0.4, 0.5) is 0 Å². The molecule has 0 saturated carbocycles. The van der Waals surface area contributed by atoms with Crippen LogP contribution in [-0.2, 0) is 9.47 Å². The van der Waals surface area contributed by atoms with Gasteiger partial charge in [-0.3, -0.25) is 0 Å². The molecule has 1 saturated heterocycles. The molecule has 0 radical (unpaired) electrons. The molecular formula is C18H29NO2. The second-order valence-electron chi connectivity index (χ2n) is 5.76. The van der Waals surface area contributed by atoms with Crippen LogP contribution in [0.5, 0.6) is 0 Å². The van der Waals surface area contributed by atoms with E-state index in [2.05, 4.69) is 49.5 Å². The third-order valence-electron chi connectivity index (χ3n) is 4.07. The Bertz CT molecular complexity index is 376. The van der Waals surface area contributed by atoms with Crippen molar-refractivity contribution < 1.29 is 9.47 Å². The van der Waals surface area contributed by atoms with Crippen molar-refractivity contribution in [1.29, 1.82) is 0 Å². The fourth-order valence-electron chi connectivity index (χ4n) is 2.88. The van der Waals surface area contributed by atoms with Crippen molar-refractivity contribution in [1.82, 2.24) is 5.32 Å². The molecule has 0 bridgehead atoms. The zero-order chi connectivity index (χ0) is 14.9. The average Bonchev–Trinajstić information content (AvgIpc) is 3.05. The van der Waals surface area contributed by atoms with Crippen molar-refractivity contribution in [3.05, 3.63) is 35.9 Å². The van der Waals surface area contributed by atoms with Gasteiger partial charge in [-0.25, -0.2) is 0 Å². The Balaban J connectivity index is 1.97. The van der Waals surface area contributed by atoms with Gasteiger partial charge in [0.15, 0.2) is 0 Å². The lowest BCUT2D eigenvalue weighted by Gasteiger charge is -2.29. The van der Waals surface area contributed by atoms with Crippen molar-refractivity contribution >= 4 is 0 Å². The predicted octanol–water partition coefficient (Wildman–Crippen LogP) is 3.70. The minimum absolute atomic E-state index is 0.197. The van der Waals surface area contributed by atoms with Gasteiger partial charge in [0.1, 0.15) is 0 Å². The van der Waals surface area contributed by atoms with Gasteiger partial charge >= 0.3 is 0 Å². The van der Waals surface area contributed by atoms with Crippen molar-refractivity contribution in [2.75, 3.05) is 19.8 Å². The largest absolute Gasteiger partial charge is 0.376 e. The summed E-state index contributed by atoms with van der Waals surface area (Å²) in [6.45, 7) is 7.02. The highest BCUT2D eigenvalue weighted by Crippen LogP contribution is 2.23. The van der Waals surface area contributed by atoms with E-state index in [-0.39, 0.29) is 12.1 Å². The highest BCUT2D eigenvalue weighted by atomic mass is 16.5. The summed E-state index contributed by atoms with van der Waals surface area (Å²) in [6.07, 6.45) is 4.93. The third kappa shape index (κ3) is 5.10. The molecule has 2 rings (SSSR count). The van der Waals surface area contributed by atoms with Gasteiger partial charge in [-0.15, -0.1) is 0 Å². The molecule has 1 aromatic rings. The normalized spacial score (nSPS) is 21.3. The third-order valence-corrected chi connectivity index (χ3v) is 4.07. The van der Waals surface area contributed by atoms with E-state index in [1.807, 2.05) is 0 Å². The van der Waals surface area contributed by atoms with Crippen LogP contribution in [0.1, 0.15) is 51.1 Å². The standard InChI is InChI=1S/C18H29NO2/c1-3-12-19-18(15-9-6-5-7-10-15)17(4-2)21-14-16-11-8-13-20-16/h5-7,9-10,16-19H,3-4,8,11-14H2,1-2H3. The molecule has 118 valence electrons. The minimum atomic E-state index is 0.197. The van der Waals surface area contributed by atoms with Crippen LogP contribution in [0, 0.1) is 0 Å². The van der Waals surface area contributed by atoms with E-state index >= 15 is 0 Å². The summed E-state index contributed by atoms with van der Waals surface area (Å²) in [7, 11) is 0. The number of benzene rings is 1. The molecule has 3 atom stereocenters. The number of ether oxygens (including phenoxy) is 2. The van der Waals surface area contributed by atoms with Gasteiger partial charge in [-0.05, 0) is 37.8 Å². The lowest BCUT2D eigenvalue weighted by atomic mass is 9.99.